The monoisotopic (exact) mass is 270 g/mol. The summed E-state index contributed by atoms with van der Waals surface area (Å²) in [4.78, 5) is 0. The van der Waals surface area contributed by atoms with E-state index in [0.29, 0.717) is 0 Å². The molecule has 1 aliphatic rings. The van der Waals surface area contributed by atoms with E-state index in [0.717, 1.165) is 37.7 Å². The van der Waals surface area contributed by atoms with Gasteiger partial charge in [-0.3, -0.25) is 4.68 Å². The molecule has 0 bridgehead atoms. The SMILES string of the molecule is Cn1nccc1CCC1(O)CCCCc2ccccc21. The van der Waals surface area contributed by atoms with Gasteiger partial charge in [-0.15, -0.1) is 0 Å². The predicted octanol–water partition coefficient (Wildman–Crippen LogP) is 2.97. The number of nitrogens with zero attached hydrogens (tertiary/aromatic N) is 2. The Kier molecular flexibility index (Phi) is 3.62. The Morgan fingerprint density at radius 3 is 2.90 bits per heavy atom. The van der Waals surface area contributed by atoms with E-state index in [-0.39, 0.29) is 0 Å². The smallest absolute Gasteiger partial charge is 0.0903 e. The van der Waals surface area contributed by atoms with Crippen molar-refractivity contribution in [2.45, 2.75) is 44.1 Å². The second-order valence-corrected chi connectivity index (χ2v) is 5.84. The number of rotatable bonds is 3. The number of hydrogen-bond donors (Lipinski definition) is 1. The minimum atomic E-state index is -0.683. The van der Waals surface area contributed by atoms with Crippen molar-refractivity contribution in [2.24, 2.45) is 7.05 Å². The standard InChI is InChI=1S/C17H22N2O/c1-19-15(10-13-18-19)9-12-17(20)11-5-4-7-14-6-2-3-8-16(14)17/h2-3,6,8,10,13,20H,4-5,7,9,11-12H2,1H3. The summed E-state index contributed by atoms with van der Waals surface area (Å²) in [5.74, 6) is 0. The van der Waals surface area contributed by atoms with Gasteiger partial charge < -0.3 is 5.11 Å². The summed E-state index contributed by atoms with van der Waals surface area (Å²) in [5.41, 5.74) is 2.95. The van der Waals surface area contributed by atoms with Crippen molar-refractivity contribution in [3.8, 4) is 0 Å². The molecule has 1 atom stereocenters. The highest BCUT2D eigenvalue weighted by Crippen LogP contribution is 2.37. The van der Waals surface area contributed by atoms with Crippen LogP contribution in [0.1, 0.15) is 42.5 Å². The Hall–Kier alpha value is -1.61. The molecule has 1 aromatic carbocycles. The van der Waals surface area contributed by atoms with E-state index in [1.54, 1.807) is 0 Å². The molecule has 2 aromatic rings. The molecule has 1 heterocycles. The topological polar surface area (TPSA) is 38.0 Å². The Balaban J connectivity index is 1.85. The van der Waals surface area contributed by atoms with Crippen LogP contribution in [-0.2, 0) is 25.5 Å². The molecule has 0 fully saturated rings. The largest absolute Gasteiger partial charge is 0.385 e. The first-order valence-corrected chi connectivity index (χ1v) is 7.47. The van der Waals surface area contributed by atoms with Gasteiger partial charge in [0.15, 0.2) is 0 Å². The lowest BCUT2D eigenvalue weighted by Crippen LogP contribution is -2.27. The molecule has 0 spiro atoms. The third-order valence-electron chi connectivity index (χ3n) is 4.52. The molecule has 1 aliphatic carbocycles. The summed E-state index contributed by atoms with van der Waals surface area (Å²) in [5, 5.41) is 15.4. The third kappa shape index (κ3) is 2.50. The lowest BCUT2D eigenvalue weighted by atomic mass is 9.84. The van der Waals surface area contributed by atoms with E-state index in [4.69, 9.17) is 0 Å². The van der Waals surface area contributed by atoms with Crippen LogP contribution in [-0.4, -0.2) is 14.9 Å². The number of aliphatic hydroxyl groups is 1. The minimum absolute atomic E-state index is 0.683. The van der Waals surface area contributed by atoms with E-state index in [1.807, 2.05) is 30.1 Å². The normalized spacial score (nSPS) is 22.3. The molecule has 1 N–H and O–H groups in total. The van der Waals surface area contributed by atoms with Gasteiger partial charge in [0.05, 0.1) is 5.60 Å². The van der Waals surface area contributed by atoms with Crippen LogP contribution in [0.25, 0.3) is 0 Å². The Bertz CT molecular complexity index is 590. The number of aryl methyl sites for hydroxylation is 3. The van der Waals surface area contributed by atoms with Crippen molar-refractivity contribution in [1.82, 2.24) is 9.78 Å². The van der Waals surface area contributed by atoms with Crippen molar-refractivity contribution in [2.75, 3.05) is 0 Å². The van der Waals surface area contributed by atoms with Gasteiger partial charge in [-0.25, -0.2) is 0 Å². The van der Waals surface area contributed by atoms with Crippen LogP contribution in [0.5, 0.6) is 0 Å². The summed E-state index contributed by atoms with van der Waals surface area (Å²) < 4.78 is 1.89. The summed E-state index contributed by atoms with van der Waals surface area (Å²) in [7, 11) is 1.96. The van der Waals surface area contributed by atoms with Gasteiger partial charge in [-0.1, -0.05) is 24.3 Å². The molecular weight excluding hydrogens is 248 g/mol. The lowest BCUT2D eigenvalue weighted by molar-refractivity contribution is 0.0178. The zero-order valence-electron chi connectivity index (χ0n) is 12.0. The van der Waals surface area contributed by atoms with Crippen molar-refractivity contribution in [1.29, 1.82) is 0 Å². The van der Waals surface area contributed by atoms with E-state index in [1.165, 1.54) is 17.7 Å². The van der Waals surface area contributed by atoms with Gasteiger partial charge in [-0.05, 0) is 55.7 Å². The van der Waals surface area contributed by atoms with E-state index < -0.39 is 5.60 Å². The van der Waals surface area contributed by atoms with Crippen LogP contribution in [0.3, 0.4) is 0 Å². The van der Waals surface area contributed by atoms with Crippen molar-refractivity contribution >= 4 is 0 Å². The van der Waals surface area contributed by atoms with Gasteiger partial charge in [0.25, 0.3) is 0 Å². The molecule has 106 valence electrons. The van der Waals surface area contributed by atoms with Crippen LogP contribution in [0.15, 0.2) is 36.5 Å². The molecule has 3 rings (SSSR count). The maximum absolute atomic E-state index is 11.2. The molecule has 0 radical (unpaired) electrons. The first kappa shape index (κ1) is 13.4. The molecule has 3 nitrogen and oxygen atoms in total. The van der Waals surface area contributed by atoms with Crippen molar-refractivity contribution < 1.29 is 5.11 Å². The summed E-state index contributed by atoms with van der Waals surface area (Å²) in [6, 6.07) is 10.4. The molecule has 0 saturated heterocycles. The molecule has 0 aliphatic heterocycles. The van der Waals surface area contributed by atoms with Crippen molar-refractivity contribution in [3.05, 3.63) is 53.3 Å². The lowest BCUT2D eigenvalue weighted by Gasteiger charge is -2.29. The quantitative estimate of drug-likeness (QED) is 0.871. The first-order chi connectivity index (χ1) is 9.69. The number of hydrogen-bond acceptors (Lipinski definition) is 2. The van der Waals surface area contributed by atoms with Gasteiger partial charge in [0.2, 0.25) is 0 Å². The van der Waals surface area contributed by atoms with Gasteiger partial charge in [0, 0.05) is 18.9 Å². The maximum Gasteiger partial charge on any atom is 0.0903 e. The van der Waals surface area contributed by atoms with Crippen molar-refractivity contribution in [3.63, 3.8) is 0 Å². The highest BCUT2D eigenvalue weighted by atomic mass is 16.3. The van der Waals surface area contributed by atoms with Crippen LogP contribution in [0.2, 0.25) is 0 Å². The molecule has 1 unspecified atom stereocenters. The van der Waals surface area contributed by atoms with Crippen LogP contribution in [0.4, 0.5) is 0 Å². The minimum Gasteiger partial charge on any atom is -0.385 e. The zero-order valence-corrected chi connectivity index (χ0v) is 12.0. The Morgan fingerprint density at radius 1 is 1.25 bits per heavy atom. The highest BCUT2D eigenvalue weighted by molar-refractivity contribution is 5.33. The number of fused-ring (bicyclic) bond motifs is 1. The fourth-order valence-electron chi connectivity index (χ4n) is 3.30. The third-order valence-corrected chi connectivity index (χ3v) is 4.52. The second kappa shape index (κ2) is 5.41. The summed E-state index contributed by atoms with van der Waals surface area (Å²) in [6.07, 6.45) is 7.67. The Morgan fingerprint density at radius 2 is 2.10 bits per heavy atom. The predicted molar refractivity (Wildman–Crippen MR) is 79.4 cm³/mol. The zero-order chi connectivity index (χ0) is 14.0. The van der Waals surface area contributed by atoms with Gasteiger partial charge in [0.1, 0.15) is 0 Å². The molecular formula is C17H22N2O. The number of aromatic nitrogens is 2. The number of benzene rings is 1. The average molecular weight is 270 g/mol. The average Bonchev–Trinajstić information content (AvgIpc) is 2.79. The van der Waals surface area contributed by atoms with E-state index >= 15 is 0 Å². The van der Waals surface area contributed by atoms with E-state index in [2.05, 4.69) is 23.3 Å². The summed E-state index contributed by atoms with van der Waals surface area (Å²) >= 11 is 0. The fraction of sp³-hybridized carbons (Fsp3) is 0.471. The van der Waals surface area contributed by atoms with Crippen LogP contribution >= 0.6 is 0 Å². The summed E-state index contributed by atoms with van der Waals surface area (Å²) in [6.45, 7) is 0. The highest BCUT2D eigenvalue weighted by Gasteiger charge is 2.32. The first-order valence-electron chi connectivity index (χ1n) is 7.47. The van der Waals surface area contributed by atoms with Gasteiger partial charge >= 0.3 is 0 Å². The second-order valence-electron chi connectivity index (χ2n) is 5.84. The van der Waals surface area contributed by atoms with Crippen LogP contribution < -0.4 is 0 Å². The molecule has 0 saturated carbocycles. The van der Waals surface area contributed by atoms with E-state index in [9.17, 15) is 5.11 Å². The fourth-order valence-corrected chi connectivity index (χ4v) is 3.30. The molecule has 1 aromatic heterocycles. The molecule has 3 heteroatoms. The van der Waals surface area contributed by atoms with Gasteiger partial charge in [-0.2, -0.15) is 5.10 Å². The molecule has 0 amide bonds. The van der Waals surface area contributed by atoms with Crippen LogP contribution in [0, 0.1) is 0 Å². The maximum atomic E-state index is 11.2. The molecule has 20 heavy (non-hydrogen) atoms. The Labute approximate surface area is 120 Å².